The van der Waals surface area contributed by atoms with Gasteiger partial charge in [0.25, 0.3) is 0 Å². The molecule has 0 saturated heterocycles. The van der Waals surface area contributed by atoms with Crippen LogP contribution < -0.4 is 4.74 Å². The molecular formula is C13H20O3S. The second-order valence-electron chi connectivity index (χ2n) is 5.20. The van der Waals surface area contributed by atoms with Crippen molar-refractivity contribution in [1.82, 2.24) is 0 Å². The Morgan fingerprint density at radius 2 is 2.12 bits per heavy atom. The van der Waals surface area contributed by atoms with Gasteiger partial charge in [0.2, 0.25) is 0 Å². The average Bonchev–Trinajstić information content (AvgIpc) is 2.61. The predicted octanol–water partition coefficient (Wildman–Crippen LogP) is 3.92. The predicted molar refractivity (Wildman–Crippen MR) is 70.4 cm³/mol. The van der Waals surface area contributed by atoms with E-state index in [4.69, 9.17) is 9.84 Å². The van der Waals surface area contributed by atoms with Gasteiger partial charge in [0.1, 0.15) is 5.75 Å². The average molecular weight is 256 g/mol. The zero-order chi connectivity index (χ0) is 13.2. The zero-order valence-corrected chi connectivity index (χ0v) is 11.9. The van der Waals surface area contributed by atoms with Crippen LogP contribution in [0.5, 0.6) is 5.75 Å². The van der Waals surface area contributed by atoms with Crippen LogP contribution in [0.2, 0.25) is 0 Å². The molecule has 0 bridgehead atoms. The molecule has 0 saturated carbocycles. The summed E-state index contributed by atoms with van der Waals surface area (Å²) < 4.78 is 5.66. The van der Waals surface area contributed by atoms with Gasteiger partial charge < -0.3 is 9.84 Å². The minimum absolute atomic E-state index is 0.0375. The Hall–Kier alpha value is -1.03. The molecule has 1 aromatic rings. The van der Waals surface area contributed by atoms with Crippen molar-refractivity contribution < 1.29 is 14.6 Å². The number of carboxylic acids is 1. The fraction of sp³-hybridized carbons (Fsp3) is 0.615. The van der Waals surface area contributed by atoms with Crippen molar-refractivity contribution in [2.45, 2.75) is 52.6 Å². The number of carbonyl (C=O) groups is 1. The third-order valence-corrected chi connectivity index (χ3v) is 4.06. The number of hydrogen-bond donors (Lipinski definition) is 1. The van der Waals surface area contributed by atoms with Gasteiger partial charge in [0.15, 0.2) is 4.88 Å². The van der Waals surface area contributed by atoms with Crippen molar-refractivity contribution >= 4 is 17.3 Å². The van der Waals surface area contributed by atoms with Gasteiger partial charge in [-0.15, -0.1) is 11.3 Å². The number of carboxylic acid groups (broad SMARTS) is 1. The summed E-state index contributed by atoms with van der Waals surface area (Å²) in [6, 6.07) is 1.86. The molecule has 1 unspecified atom stereocenters. The number of hydrogen-bond acceptors (Lipinski definition) is 3. The van der Waals surface area contributed by atoms with E-state index in [0.29, 0.717) is 10.6 Å². The van der Waals surface area contributed by atoms with Crippen molar-refractivity contribution in [2.75, 3.05) is 0 Å². The Balaban J connectivity index is 3.10. The molecule has 1 aromatic heterocycles. The third-order valence-electron chi connectivity index (χ3n) is 2.53. The lowest BCUT2D eigenvalue weighted by Crippen LogP contribution is -2.11. The summed E-state index contributed by atoms with van der Waals surface area (Å²) in [6.45, 7) is 10.2. The van der Waals surface area contributed by atoms with Crippen LogP contribution in [0.1, 0.15) is 55.6 Å². The topological polar surface area (TPSA) is 46.5 Å². The molecule has 0 fully saturated rings. The van der Waals surface area contributed by atoms with Crippen molar-refractivity contribution in [3.63, 3.8) is 0 Å². The maximum Gasteiger partial charge on any atom is 0.349 e. The molecule has 0 aromatic carbocycles. The van der Waals surface area contributed by atoms with E-state index in [1.54, 1.807) is 0 Å². The lowest BCUT2D eigenvalue weighted by atomic mass is 9.95. The first-order chi connectivity index (χ1) is 7.75. The molecule has 0 aliphatic heterocycles. The molecule has 17 heavy (non-hydrogen) atoms. The first-order valence-electron chi connectivity index (χ1n) is 5.80. The summed E-state index contributed by atoms with van der Waals surface area (Å²) in [7, 11) is 0. The smallest absolute Gasteiger partial charge is 0.349 e. The molecule has 1 atom stereocenters. The van der Waals surface area contributed by atoms with Crippen LogP contribution in [0, 0.1) is 0 Å². The van der Waals surface area contributed by atoms with Gasteiger partial charge in [0.05, 0.1) is 6.10 Å². The highest BCUT2D eigenvalue weighted by Gasteiger charge is 2.24. The van der Waals surface area contributed by atoms with Gasteiger partial charge >= 0.3 is 5.97 Å². The Kier molecular flexibility index (Phi) is 4.20. The Morgan fingerprint density at radius 1 is 1.53 bits per heavy atom. The maximum atomic E-state index is 11.2. The molecule has 0 aliphatic carbocycles. The Morgan fingerprint density at radius 3 is 2.53 bits per heavy atom. The molecule has 0 spiro atoms. The highest BCUT2D eigenvalue weighted by Crippen LogP contribution is 2.37. The fourth-order valence-corrected chi connectivity index (χ4v) is 2.27. The van der Waals surface area contributed by atoms with Crippen molar-refractivity contribution in [3.8, 4) is 5.75 Å². The van der Waals surface area contributed by atoms with Crippen molar-refractivity contribution in [3.05, 3.63) is 15.8 Å². The summed E-state index contributed by atoms with van der Waals surface area (Å²) in [5.41, 5.74) is -0.0497. The summed E-state index contributed by atoms with van der Waals surface area (Å²) in [6.07, 6.45) is 0.898. The Labute approximate surface area is 106 Å². The summed E-state index contributed by atoms with van der Waals surface area (Å²) in [4.78, 5) is 12.5. The number of rotatable bonds is 4. The van der Waals surface area contributed by atoms with Crippen LogP contribution in [0.3, 0.4) is 0 Å². The minimum Gasteiger partial charge on any atom is -0.489 e. The molecular weight excluding hydrogens is 236 g/mol. The normalized spacial score (nSPS) is 13.5. The minimum atomic E-state index is -0.913. The van der Waals surface area contributed by atoms with Gasteiger partial charge in [0, 0.05) is 4.88 Å². The van der Waals surface area contributed by atoms with E-state index in [1.165, 1.54) is 11.3 Å². The van der Waals surface area contributed by atoms with Crippen LogP contribution in [-0.2, 0) is 5.41 Å². The Bertz CT molecular complexity index is 401. The van der Waals surface area contributed by atoms with Crippen LogP contribution >= 0.6 is 11.3 Å². The van der Waals surface area contributed by atoms with Crippen LogP contribution in [0.4, 0.5) is 0 Å². The molecule has 1 N–H and O–H groups in total. The number of thiophene rings is 1. The number of ether oxygens (including phenoxy) is 1. The van der Waals surface area contributed by atoms with Crippen LogP contribution in [0.15, 0.2) is 6.07 Å². The quantitative estimate of drug-likeness (QED) is 0.888. The van der Waals surface area contributed by atoms with E-state index >= 15 is 0 Å². The molecule has 1 rings (SSSR count). The van der Waals surface area contributed by atoms with Crippen LogP contribution in [-0.4, -0.2) is 17.2 Å². The monoisotopic (exact) mass is 256 g/mol. The van der Waals surface area contributed by atoms with E-state index in [0.717, 1.165) is 11.3 Å². The van der Waals surface area contributed by atoms with Crippen molar-refractivity contribution in [2.24, 2.45) is 0 Å². The molecule has 4 heteroatoms. The highest BCUT2D eigenvalue weighted by atomic mass is 32.1. The van der Waals surface area contributed by atoms with E-state index < -0.39 is 5.97 Å². The van der Waals surface area contributed by atoms with Crippen LogP contribution in [0.25, 0.3) is 0 Å². The lowest BCUT2D eigenvalue weighted by Gasteiger charge is -2.15. The second-order valence-corrected chi connectivity index (χ2v) is 6.25. The third kappa shape index (κ3) is 3.46. The highest BCUT2D eigenvalue weighted by molar-refractivity contribution is 7.14. The maximum absolute atomic E-state index is 11.2. The lowest BCUT2D eigenvalue weighted by molar-refractivity contribution is 0.0695. The van der Waals surface area contributed by atoms with Gasteiger partial charge in [-0.2, -0.15) is 0 Å². The van der Waals surface area contributed by atoms with E-state index in [1.807, 2.05) is 19.9 Å². The SMILES string of the molecule is CCC(C)Oc1cc(C(C)(C)C)sc1C(=O)O. The zero-order valence-electron chi connectivity index (χ0n) is 11.0. The van der Waals surface area contributed by atoms with Gasteiger partial charge in [-0.1, -0.05) is 27.7 Å². The number of aromatic carboxylic acids is 1. The molecule has 0 amide bonds. The van der Waals surface area contributed by atoms with E-state index in [9.17, 15) is 4.79 Å². The summed E-state index contributed by atoms with van der Waals surface area (Å²) in [5, 5.41) is 9.16. The molecule has 96 valence electrons. The fourth-order valence-electron chi connectivity index (χ4n) is 1.28. The second kappa shape index (κ2) is 5.08. The first kappa shape index (κ1) is 14.0. The van der Waals surface area contributed by atoms with Gasteiger partial charge in [-0.25, -0.2) is 4.79 Å². The first-order valence-corrected chi connectivity index (χ1v) is 6.61. The molecule has 1 heterocycles. The van der Waals surface area contributed by atoms with Gasteiger partial charge in [-0.05, 0) is 24.8 Å². The van der Waals surface area contributed by atoms with E-state index in [-0.39, 0.29) is 11.5 Å². The molecule has 0 radical (unpaired) electrons. The largest absolute Gasteiger partial charge is 0.489 e. The van der Waals surface area contributed by atoms with Gasteiger partial charge in [-0.3, -0.25) is 0 Å². The van der Waals surface area contributed by atoms with Crippen molar-refractivity contribution in [1.29, 1.82) is 0 Å². The van der Waals surface area contributed by atoms with E-state index in [2.05, 4.69) is 20.8 Å². The standard InChI is InChI=1S/C13H20O3S/c1-6-8(2)16-9-7-10(13(3,4)5)17-11(9)12(14)15/h7-8H,6H2,1-5H3,(H,14,15). The summed E-state index contributed by atoms with van der Waals surface area (Å²) >= 11 is 1.30. The summed E-state index contributed by atoms with van der Waals surface area (Å²) in [5.74, 6) is -0.412. The molecule has 0 aliphatic rings. The molecule has 3 nitrogen and oxygen atoms in total.